The number of aliphatic hydroxyl groups is 2. The summed E-state index contributed by atoms with van der Waals surface area (Å²) in [5.74, 6) is -2.01. The lowest BCUT2D eigenvalue weighted by Gasteiger charge is -2.19. The summed E-state index contributed by atoms with van der Waals surface area (Å²) in [5.41, 5.74) is 0.176. The average Bonchev–Trinajstić information content (AvgIpc) is 2.01. The standard InChI is InChI=1S/C8H18O2.C4H6O2/c1-4-5-7(2)6-8(3,9)10;1-3(2)4(5)6/h7,9-10H,4-6H2,1-3H3;1H2,2H3,(H,5,6). The number of carboxylic acid groups (broad SMARTS) is 1. The fraction of sp³-hybridized carbons (Fsp3) is 0.750. The largest absolute Gasteiger partial charge is 0.478 e. The Morgan fingerprint density at radius 3 is 2.00 bits per heavy atom. The summed E-state index contributed by atoms with van der Waals surface area (Å²) in [6.45, 7) is 10.2. The van der Waals surface area contributed by atoms with Crippen LogP contribution in [0.25, 0.3) is 0 Å². The normalized spacial score (nSPS) is 12.4. The molecule has 4 heteroatoms. The molecular formula is C12H24O4. The highest BCUT2D eigenvalue weighted by atomic mass is 16.5. The van der Waals surface area contributed by atoms with Crippen LogP contribution in [0.5, 0.6) is 0 Å². The molecule has 0 aliphatic rings. The molecule has 1 unspecified atom stereocenters. The molecule has 0 aliphatic heterocycles. The number of rotatable bonds is 5. The maximum Gasteiger partial charge on any atom is 0.330 e. The van der Waals surface area contributed by atoms with Gasteiger partial charge in [-0.1, -0.05) is 33.3 Å². The van der Waals surface area contributed by atoms with Crippen LogP contribution >= 0.6 is 0 Å². The Bertz CT molecular complexity index is 204. The van der Waals surface area contributed by atoms with E-state index in [0.29, 0.717) is 12.3 Å². The minimum Gasteiger partial charge on any atom is -0.478 e. The highest BCUT2D eigenvalue weighted by Gasteiger charge is 2.18. The third-order valence-electron chi connectivity index (χ3n) is 1.88. The molecule has 0 aromatic rings. The van der Waals surface area contributed by atoms with Gasteiger partial charge in [0, 0.05) is 12.0 Å². The van der Waals surface area contributed by atoms with Crippen molar-refractivity contribution in [1.82, 2.24) is 0 Å². The second-order valence-corrected chi connectivity index (χ2v) is 4.40. The predicted octanol–water partition coefficient (Wildman–Crippen LogP) is 2.16. The van der Waals surface area contributed by atoms with Gasteiger partial charge >= 0.3 is 5.97 Å². The summed E-state index contributed by atoms with van der Waals surface area (Å²) < 4.78 is 0. The van der Waals surface area contributed by atoms with E-state index in [1.54, 1.807) is 0 Å². The number of hydrogen-bond acceptors (Lipinski definition) is 3. The van der Waals surface area contributed by atoms with E-state index in [-0.39, 0.29) is 5.57 Å². The van der Waals surface area contributed by atoms with Gasteiger partial charge in [-0.3, -0.25) is 0 Å². The molecule has 0 fully saturated rings. The zero-order valence-corrected chi connectivity index (χ0v) is 10.7. The third-order valence-corrected chi connectivity index (χ3v) is 1.88. The van der Waals surface area contributed by atoms with Gasteiger partial charge in [-0.05, 0) is 19.8 Å². The molecule has 0 saturated heterocycles. The Kier molecular flexibility index (Phi) is 9.09. The first-order valence-electron chi connectivity index (χ1n) is 5.43. The summed E-state index contributed by atoms with van der Waals surface area (Å²) in [7, 11) is 0. The Balaban J connectivity index is 0. The van der Waals surface area contributed by atoms with Crippen molar-refractivity contribution in [3.63, 3.8) is 0 Å². The van der Waals surface area contributed by atoms with Gasteiger partial charge in [0.15, 0.2) is 5.79 Å². The molecule has 0 saturated carbocycles. The number of carboxylic acids is 1. The first-order chi connectivity index (χ1) is 7.10. The highest BCUT2D eigenvalue weighted by molar-refractivity contribution is 5.84. The van der Waals surface area contributed by atoms with Crippen molar-refractivity contribution in [3.05, 3.63) is 12.2 Å². The average molecular weight is 232 g/mol. The predicted molar refractivity (Wildman–Crippen MR) is 64.0 cm³/mol. The lowest BCUT2D eigenvalue weighted by atomic mass is 9.98. The SMILES string of the molecule is C=C(C)C(=O)O.CCCC(C)CC(C)(O)O. The summed E-state index contributed by atoms with van der Waals surface area (Å²) in [4.78, 5) is 9.60. The minimum atomic E-state index is -1.48. The molecule has 0 amide bonds. The Labute approximate surface area is 97.6 Å². The Morgan fingerprint density at radius 2 is 1.81 bits per heavy atom. The number of aliphatic carboxylic acids is 1. The molecule has 0 aromatic carbocycles. The van der Waals surface area contributed by atoms with Crippen LogP contribution in [0.1, 0.15) is 47.0 Å². The second-order valence-electron chi connectivity index (χ2n) is 4.40. The number of hydrogen-bond donors (Lipinski definition) is 3. The molecule has 0 aliphatic carbocycles. The molecule has 0 radical (unpaired) electrons. The zero-order chi connectivity index (χ0) is 13.4. The van der Waals surface area contributed by atoms with Crippen molar-refractivity contribution in [2.24, 2.45) is 5.92 Å². The van der Waals surface area contributed by atoms with Crippen molar-refractivity contribution in [3.8, 4) is 0 Å². The summed E-state index contributed by atoms with van der Waals surface area (Å²) in [5, 5.41) is 25.8. The van der Waals surface area contributed by atoms with Gasteiger partial charge in [0.05, 0.1) is 0 Å². The fourth-order valence-electron chi connectivity index (χ4n) is 1.25. The lowest BCUT2D eigenvalue weighted by molar-refractivity contribution is -0.157. The Morgan fingerprint density at radius 1 is 1.44 bits per heavy atom. The van der Waals surface area contributed by atoms with Crippen molar-refractivity contribution >= 4 is 5.97 Å². The van der Waals surface area contributed by atoms with Crippen molar-refractivity contribution in [2.45, 2.75) is 52.7 Å². The monoisotopic (exact) mass is 232 g/mol. The van der Waals surface area contributed by atoms with Crippen LogP contribution in [0.15, 0.2) is 12.2 Å². The smallest absolute Gasteiger partial charge is 0.330 e. The van der Waals surface area contributed by atoms with Crippen LogP contribution in [0.3, 0.4) is 0 Å². The fourth-order valence-corrected chi connectivity index (χ4v) is 1.25. The topological polar surface area (TPSA) is 77.8 Å². The molecule has 16 heavy (non-hydrogen) atoms. The highest BCUT2D eigenvalue weighted by Crippen LogP contribution is 2.17. The van der Waals surface area contributed by atoms with Gasteiger partial charge < -0.3 is 15.3 Å². The van der Waals surface area contributed by atoms with Crippen molar-refractivity contribution < 1.29 is 20.1 Å². The maximum absolute atomic E-state index is 9.60. The van der Waals surface area contributed by atoms with E-state index in [9.17, 15) is 4.79 Å². The van der Waals surface area contributed by atoms with Crippen LogP contribution in [-0.2, 0) is 4.79 Å². The van der Waals surface area contributed by atoms with Crippen LogP contribution in [0, 0.1) is 5.92 Å². The molecule has 0 rings (SSSR count). The summed E-state index contributed by atoms with van der Waals surface area (Å²) in [6, 6.07) is 0. The van der Waals surface area contributed by atoms with Crippen LogP contribution in [0.2, 0.25) is 0 Å². The first-order valence-corrected chi connectivity index (χ1v) is 5.43. The lowest BCUT2D eigenvalue weighted by Crippen LogP contribution is -2.25. The van der Waals surface area contributed by atoms with E-state index in [0.717, 1.165) is 12.8 Å². The third kappa shape index (κ3) is 15.6. The van der Waals surface area contributed by atoms with Gasteiger partial charge in [-0.25, -0.2) is 4.79 Å². The molecular weight excluding hydrogens is 208 g/mol. The van der Waals surface area contributed by atoms with E-state index in [1.807, 2.05) is 6.92 Å². The molecule has 4 nitrogen and oxygen atoms in total. The first kappa shape index (κ1) is 17.5. The minimum absolute atomic E-state index is 0.176. The van der Waals surface area contributed by atoms with E-state index in [2.05, 4.69) is 13.5 Å². The number of carbonyl (C=O) groups is 1. The van der Waals surface area contributed by atoms with Crippen molar-refractivity contribution in [1.29, 1.82) is 0 Å². The van der Waals surface area contributed by atoms with Crippen LogP contribution < -0.4 is 0 Å². The molecule has 0 bridgehead atoms. The molecule has 3 N–H and O–H groups in total. The summed E-state index contributed by atoms with van der Waals surface area (Å²) in [6.07, 6.45) is 2.65. The molecule has 0 spiro atoms. The van der Waals surface area contributed by atoms with E-state index < -0.39 is 11.8 Å². The van der Waals surface area contributed by atoms with Gasteiger partial charge in [0.1, 0.15) is 0 Å². The van der Waals surface area contributed by atoms with E-state index in [4.69, 9.17) is 15.3 Å². The molecule has 0 aromatic heterocycles. The maximum atomic E-state index is 9.60. The van der Waals surface area contributed by atoms with Gasteiger partial charge in [0.25, 0.3) is 0 Å². The van der Waals surface area contributed by atoms with Crippen LogP contribution in [0.4, 0.5) is 0 Å². The van der Waals surface area contributed by atoms with E-state index in [1.165, 1.54) is 13.8 Å². The Hall–Kier alpha value is -0.870. The second kappa shape index (κ2) is 8.30. The van der Waals surface area contributed by atoms with Crippen molar-refractivity contribution in [2.75, 3.05) is 0 Å². The van der Waals surface area contributed by atoms with E-state index >= 15 is 0 Å². The molecule has 1 atom stereocenters. The zero-order valence-electron chi connectivity index (χ0n) is 10.7. The molecule has 96 valence electrons. The van der Waals surface area contributed by atoms with Crippen LogP contribution in [-0.4, -0.2) is 27.1 Å². The van der Waals surface area contributed by atoms with Gasteiger partial charge in [-0.2, -0.15) is 0 Å². The van der Waals surface area contributed by atoms with Gasteiger partial charge in [-0.15, -0.1) is 0 Å². The quantitative estimate of drug-likeness (QED) is 0.501. The molecule has 0 heterocycles. The summed E-state index contributed by atoms with van der Waals surface area (Å²) >= 11 is 0. The van der Waals surface area contributed by atoms with Gasteiger partial charge in [0.2, 0.25) is 0 Å².